The van der Waals surface area contributed by atoms with Crippen LogP contribution >= 0.6 is 11.6 Å². The lowest BCUT2D eigenvalue weighted by molar-refractivity contribution is 0.0599. The van der Waals surface area contributed by atoms with E-state index in [0.717, 1.165) is 5.56 Å². The van der Waals surface area contributed by atoms with Gasteiger partial charge in [0, 0.05) is 11.6 Å². The topological polar surface area (TPSA) is 76.8 Å². The van der Waals surface area contributed by atoms with Crippen molar-refractivity contribution in [2.45, 2.75) is 26.8 Å². The Morgan fingerprint density at radius 3 is 2.48 bits per heavy atom. The fourth-order valence-corrected chi connectivity index (χ4v) is 4.15. The lowest BCUT2D eigenvalue weighted by Crippen LogP contribution is -2.33. The zero-order valence-corrected chi connectivity index (χ0v) is 18.4. The Balaban J connectivity index is 1.94. The van der Waals surface area contributed by atoms with Crippen molar-refractivity contribution in [2.75, 3.05) is 13.7 Å². The van der Waals surface area contributed by atoms with E-state index in [-0.39, 0.29) is 23.0 Å². The summed E-state index contributed by atoms with van der Waals surface area (Å²) in [5, 5.41) is 0.798. The van der Waals surface area contributed by atoms with Crippen LogP contribution in [0.3, 0.4) is 0 Å². The van der Waals surface area contributed by atoms with Crippen LogP contribution < -0.4 is 5.43 Å². The number of esters is 1. The van der Waals surface area contributed by atoms with Gasteiger partial charge in [0.05, 0.1) is 29.7 Å². The molecule has 7 heteroatoms. The average Bonchev–Trinajstić information content (AvgIpc) is 3.01. The number of fused-ring (bicyclic) bond motifs is 2. The summed E-state index contributed by atoms with van der Waals surface area (Å²) in [6.07, 6.45) is 0. The molecule has 160 valence electrons. The molecule has 6 nitrogen and oxygen atoms in total. The second-order valence-corrected chi connectivity index (χ2v) is 8.55. The smallest absolute Gasteiger partial charge is 0.337 e. The minimum absolute atomic E-state index is 0.0573. The molecule has 31 heavy (non-hydrogen) atoms. The first kappa shape index (κ1) is 21.1. The molecule has 1 aliphatic heterocycles. The van der Waals surface area contributed by atoms with Crippen molar-refractivity contribution in [2.24, 2.45) is 5.92 Å². The monoisotopic (exact) mass is 439 g/mol. The molecule has 0 fully saturated rings. The molecule has 1 aromatic heterocycles. The molecule has 0 saturated carbocycles. The third kappa shape index (κ3) is 3.51. The number of amides is 1. The van der Waals surface area contributed by atoms with Crippen molar-refractivity contribution in [1.82, 2.24) is 4.90 Å². The molecular weight excluding hydrogens is 418 g/mol. The number of aryl methyl sites for hydroxylation is 1. The van der Waals surface area contributed by atoms with Gasteiger partial charge < -0.3 is 14.1 Å². The van der Waals surface area contributed by atoms with Gasteiger partial charge in [-0.1, -0.05) is 37.6 Å². The average molecular weight is 440 g/mol. The Labute approximate surface area is 184 Å². The van der Waals surface area contributed by atoms with E-state index in [4.69, 9.17) is 20.8 Å². The second kappa shape index (κ2) is 7.85. The number of carbonyl (C=O) groups is 2. The van der Waals surface area contributed by atoms with Gasteiger partial charge in [-0.2, -0.15) is 0 Å². The van der Waals surface area contributed by atoms with Crippen molar-refractivity contribution in [1.29, 1.82) is 0 Å². The molecule has 2 aromatic carbocycles. The minimum atomic E-state index is -0.614. The van der Waals surface area contributed by atoms with E-state index >= 15 is 0 Å². The Morgan fingerprint density at radius 1 is 1.19 bits per heavy atom. The zero-order chi connectivity index (χ0) is 22.4. The fourth-order valence-electron chi connectivity index (χ4n) is 3.99. The van der Waals surface area contributed by atoms with Crippen LogP contribution in [0.15, 0.2) is 45.6 Å². The number of hydrogen-bond acceptors (Lipinski definition) is 5. The number of hydrogen-bond donors (Lipinski definition) is 0. The Morgan fingerprint density at radius 2 is 1.87 bits per heavy atom. The van der Waals surface area contributed by atoms with Crippen LogP contribution in [0.5, 0.6) is 0 Å². The molecule has 4 rings (SSSR count). The third-order valence-electron chi connectivity index (χ3n) is 5.46. The zero-order valence-electron chi connectivity index (χ0n) is 17.7. The van der Waals surface area contributed by atoms with Gasteiger partial charge in [-0.05, 0) is 48.2 Å². The predicted molar refractivity (Wildman–Crippen MR) is 118 cm³/mol. The van der Waals surface area contributed by atoms with E-state index in [1.54, 1.807) is 41.3 Å². The predicted octanol–water partition coefficient (Wildman–Crippen LogP) is 4.74. The van der Waals surface area contributed by atoms with Crippen LogP contribution in [-0.2, 0) is 4.74 Å². The molecule has 0 spiro atoms. The van der Waals surface area contributed by atoms with E-state index in [0.29, 0.717) is 39.2 Å². The molecule has 2 heterocycles. The number of rotatable bonds is 4. The van der Waals surface area contributed by atoms with Gasteiger partial charge in [0.1, 0.15) is 5.58 Å². The van der Waals surface area contributed by atoms with Crippen LogP contribution in [0.2, 0.25) is 5.02 Å². The summed E-state index contributed by atoms with van der Waals surface area (Å²) in [5.41, 5.74) is 2.22. The van der Waals surface area contributed by atoms with E-state index in [9.17, 15) is 14.4 Å². The van der Waals surface area contributed by atoms with Gasteiger partial charge in [-0.25, -0.2) is 4.79 Å². The highest BCUT2D eigenvalue weighted by Gasteiger charge is 2.42. The molecule has 0 aliphatic carbocycles. The highest BCUT2D eigenvalue weighted by Crippen LogP contribution is 2.39. The van der Waals surface area contributed by atoms with Crippen molar-refractivity contribution in [3.05, 3.63) is 79.7 Å². The minimum Gasteiger partial charge on any atom is -0.465 e. The Hall–Kier alpha value is -3.12. The fraction of sp³-hybridized carbons (Fsp3) is 0.292. The van der Waals surface area contributed by atoms with Gasteiger partial charge in [-0.15, -0.1) is 0 Å². The lowest BCUT2D eigenvalue weighted by atomic mass is 9.97. The maximum Gasteiger partial charge on any atom is 0.337 e. The van der Waals surface area contributed by atoms with Gasteiger partial charge in [0.2, 0.25) is 5.76 Å². The summed E-state index contributed by atoms with van der Waals surface area (Å²) in [5.74, 6) is -0.542. The number of carbonyl (C=O) groups excluding carboxylic acids is 2. The molecule has 1 atom stereocenters. The van der Waals surface area contributed by atoms with Crippen molar-refractivity contribution in [3.63, 3.8) is 0 Å². The molecule has 1 aliphatic rings. The molecule has 0 radical (unpaired) electrons. The van der Waals surface area contributed by atoms with Crippen molar-refractivity contribution >= 4 is 34.4 Å². The molecular formula is C24H22ClNO5. The molecule has 1 amide bonds. The number of benzene rings is 2. The highest BCUT2D eigenvalue weighted by molar-refractivity contribution is 6.32. The number of ether oxygens (including phenoxy) is 1. The lowest BCUT2D eigenvalue weighted by Gasteiger charge is -2.26. The number of methoxy groups -OCH3 is 1. The van der Waals surface area contributed by atoms with E-state index in [1.165, 1.54) is 7.11 Å². The van der Waals surface area contributed by atoms with Crippen LogP contribution in [-0.4, -0.2) is 30.4 Å². The van der Waals surface area contributed by atoms with Gasteiger partial charge in [0.15, 0.2) is 5.43 Å². The van der Waals surface area contributed by atoms with Gasteiger partial charge in [0.25, 0.3) is 5.91 Å². The maximum atomic E-state index is 13.5. The van der Waals surface area contributed by atoms with Gasteiger partial charge in [-0.3, -0.25) is 9.59 Å². The second-order valence-electron chi connectivity index (χ2n) is 8.14. The maximum absolute atomic E-state index is 13.5. The summed E-state index contributed by atoms with van der Waals surface area (Å²) in [6.45, 7) is 6.26. The summed E-state index contributed by atoms with van der Waals surface area (Å²) in [6, 6.07) is 9.37. The van der Waals surface area contributed by atoms with Crippen LogP contribution in [0.25, 0.3) is 11.0 Å². The number of halogens is 1. The first-order valence-corrected chi connectivity index (χ1v) is 10.4. The SMILES string of the molecule is COC(=O)c1ccc(C2c3c(oc4cc(C)c(Cl)cc4c3=O)C(=O)N2CC(C)C)cc1. The Bertz CT molecular complexity index is 1260. The number of nitrogens with zero attached hydrogens (tertiary/aromatic N) is 1. The largest absolute Gasteiger partial charge is 0.465 e. The quantitative estimate of drug-likeness (QED) is 0.548. The van der Waals surface area contributed by atoms with E-state index in [2.05, 4.69) is 0 Å². The molecule has 0 N–H and O–H groups in total. The molecule has 0 bridgehead atoms. The Kier molecular flexibility index (Phi) is 5.35. The summed E-state index contributed by atoms with van der Waals surface area (Å²) in [4.78, 5) is 40.2. The standard InChI is InChI=1S/C24H22ClNO5/c1-12(2)11-26-20(14-5-7-15(8-6-14)24(29)30-4)19-21(27)16-10-17(25)13(3)9-18(16)31-22(19)23(26)28/h5-10,12,20H,11H2,1-4H3. The third-order valence-corrected chi connectivity index (χ3v) is 5.86. The van der Waals surface area contributed by atoms with E-state index < -0.39 is 12.0 Å². The molecule has 3 aromatic rings. The summed E-state index contributed by atoms with van der Waals surface area (Å²) in [7, 11) is 1.32. The normalized spacial score (nSPS) is 15.6. The van der Waals surface area contributed by atoms with Crippen LogP contribution in [0.1, 0.15) is 57.5 Å². The summed E-state index contributed by atoms with van der Waals surface area (Å²) >= 11 is 6.25. The molecule has 0 saturated heterocycles. The van der Waals surface area contributed by atoms with E-state index in [1.807, 2.05) is 20.8 Å². The first-order valence-electron chi connectivity index (χ1n) is 9.99. The van der Waals surface area contributed by atoms with Crippen molar-refractivity contribution < 1.29 is 18.7 Å². The van der Waals surface area contributed by atoms with Crippen molar-refractivity contribution in [3.8, 4) is 0 Å². The van der Waals surface area contributed by atoms with Crippen LogP contribution in [0, 0.1) is 12.8 Å². The highest BCUT2D eigenvalue weighted by atomic mass is 35.5. The molecule has 1 unspecified atom stereocenters. The first-order chi connectivity index (χ1) is 14.7. The van der Waals surface area contributed by atoms with Crippen LogP contribution in [0.4, 0.5) is 0 Å². The summed E-state index contributed by atoms with van der Waals surface area (Å²) < 4.78 is 10.7. The van der Waals surface area contributed by atoms with Gasteiger partial charge >= 0.3 is 5.97 Å².